The van der Waals surface area contributed by atoms with Crippen molar-refractivity contribution in [2.24, 2.45) is 0 Å². The minimum absolute atomic E-state index is 0.508. The summed E-state index contributed by atoms with van der Waals surface area (Å²) in [6, 6.07) is 6.20. The molecule has 1 fully saturated rings. The average molecular weight is 347 g/mol. The van der Waals surface area contributed by atoms with E-state index in [0.717, 1.165) is 22.9 Å². The Morgan fingerprint density at radius 1 is 1.08 bits per heavy atom. The maximum absolute atomic E-state index is 6.16. The SMILES string of the molecule is COc1cc(Cl)c(C)cc1Nc1cc(NC2CCCCC2)ncn1. The zero-order valence-corrected chi connectivity index (χ0v) is 14.9. The van der Waals surface area contributed by atoms with E-state index in [1.54, 1.807) is 13.4 Å². The first-order valence-electron chi connectivity index (χ1n) is 8.35. The molecule has 5 nitrogen and oxygen atoms in total. The summed E-state index contributed by atoms with van der Waals surface area (Å²) in [5.41, 5.74) is 1.82. The van der Waals surface area contributed by atoms with Gasteiger partial charge < -0.3 is 15.4 Å². The fourth-order valence-corrected chi connectivity index (χ4v) is 3.18. The molecule has 0 amide bonds. The molecule has 0 unspecified atom stereocenters. The standard InChI is InChI=1S/C18H23ClN4O/c1-12-8-15(16(24-2)9-14(12)19)23-18-10-17(20-11-21-18)22-13-6-4-3-5-7-13/h8-11,13H,3-7H2,1-2H3,(H2,20,21,22,23). The monoisotopic (exact) mass is 346 g/mol. The van der Waals surface area contributed by atoms with Crippen LogP contribution in [0.1, 0.15) is 37.7 Å². The molecule has 0 atom stereocenters. The molecule has 1 aromatic carbocycles. The molecule has 1 saturated carbocycles. The fraction of sp³-hybridized carbons (Fsp3) is 0.444. The van der Waals surface area contributed by atoms with Gasteiger partial charge >= 0.3 is 0 Å². The lowest BCUT2D eigenvalue weighted by atomic mass is 9.95. The van der Waals surface area contributed by atoms with Crippen molar-refractivity contribution in [2.75, 3.05) is 17.7 Å². The number of hydrogen-bond donors (Lipinski definition) is 2. The Labute approximate surface area is 147 Å². The van der Waals surface area contributed by atoms with E-state index < -0.39 is 0 Å². The number of ether oxygens (including phenoxy) is 1. The van der Waals surface area contributed by atoms with Crippen LogP contribution in [0.5, 0.6) is 5.75 Å². The average Bonchev–Trinajstić information content (AvgIpc) is 2.59. The Bertz CT molecular complexity index is 701. The molecule has 128 valence electrons. The number of methoxy groups -OCH3 is 1. The van der Waals surface area contributed by atoms with Crippen LogP contribution in [0.15, 0.2) is 24.5 Å². The molecular formula is C18H23ClN4O. The van der Waals surface area contributed by atoms with E-state index in [9.17, 15) is 0 Å². The molecule has 0 aliphatic heterocycles. The molecule has 0 bridgehead atoms. The van der Waals surface area contributed by atoms with Gasteiger partial charge in [0.1, 0.15) is 23.7 Å². The highest BCUT2D eigenvalue weighted by molar-refractivity contribution is 6.31. The maximum Gasteiger partial charge on any atom is 0.143 e. The van der Waals surface area contributed by atoms with Crippen LogP contribution in [0.4, 0.5) is 17.3 Å². The van der Waals surface area contributed by atoms with Gasteiger partial charge in [-0.1, -0.05) is 30.9 Å². The van der Waals surface area contributed by atoms with E-state index >= 15 is 0 Å². The van der Waals surface area contributed by atoms with Crippen molar-refractivity contribution in [2.45, 2.75) is 45.1 Å². The largest absolute Gasteiger partial charge is 0.495 e. The molecule has 1 aliphatic carbocycles. The molecule has 0 spiro atoms. The first-order chi connectivity index (χ1) is 11.7. The highest BCUT2D eigenvalue weighted by Crippen LogP contribution is 2.33. The van der Waals surface area contributed by atoms with Gasteiger partial charge in [0.25, 0.3) is 0 Å². The van der Waals surface area contributed by atoms with Crippen molar-refractivity contribution in [3.8, 4) is 5.75 Å². The molecule has 1 heterocycles. The molecule has 6 heteroatoms. The highest BCUT2D eigenvalue weighted by atomic mass is 35.5. The van der Waals surface area contributed by atoms with Crippen LogP contribution in [0.2, 0.25) is 5.02 Å². The van der Waals surface area contributed by atoms with E-state index in [4.69, 9.17) is 16.3 Å². The van der Waals surface area contributed by atoms with Crippen molar-refractivity contribution in [1.82, 2.24) is 9.97 Å². The van der Waals surface area contributed by atoms with Gasteiger partial charge in [-0.3, -0.25) is 0 Å². The van der Waals surface area contributed by atoms with Crippen LogP contribution in [-0.4, -0.2) is 23.1 Å². The van der Waals surface area contributed by atoms with Gasteiger partial charge in [0, 0.05) is 23.2 Å². The lowest BCUT2D eigenvalue weighted by molar-refractivity contribution is 0.416. The second kappa shape index (κ2) is 7.71. The van der Waals surface area contributed by atoms with Gasteiger partial charge in [-0.25, -0.2) is 9.97 Å². The van der Waals surface area contributed by atoms with Crippen LogP contribution in [0.3, 0.4) is 0 Å². The number of benzene rings is 1. The van der Waals surface area contributed by atoms with Gasteiger partial charge in [0.2, 0.25) is 0 Å². The molecule has 2 aromatic rings. The number of rotatable bonds is 5. The number of hydrogen-bond acceptors (Lipinski definition) is 5. The lowest BCUT2D eigenvalue weighted by Crippen LogP contribution is -2.22. The summed E-state index contributed by atoms with van der Waals surface area (Å²) >= 11 is 6.16. The molecular weight excluding hydrogens is 324 g/mol. The summed E-state index contributed by atoms with van der Waals surface area (Å²) in [6.07, 6.45) is 7.89. The van der Waals surface area contributed by atoms with Gasteiger partial charge in [-0.15, -0.1) is 0 Å². The third-order valence-corrected chi connectivity index (χ3v) is 4.77. The van der Waals surface area contributed by atoms with Gasteiger partial charge in [-0.05, 0) is 31.4 Å². The third kappa shape index (κ3) is 4.09. The topological polar surface area (TPSA) is 59.1 Å². The number of nitrogens with one attached hydrogen (secondary N) is 2. The van der Waals surface area contributed by atoms with Crippen LogP contribution < -0.4 is 15.4 Å². The van der Waals surface area contributed by atoms with E-state index in [2.05, 4.69) is 20.6 Å². The minimum atomic E-state index is 0.508. The van der Waals surface area contributed by atoms with Gasteiger partial charge in [-0.2, -0.15) is 0 Å². The smallest absolute Gasteiger partial charge is 0.143 e. The number of aromatic nitrogens is 2. The Morgan fingerprint density at radius 2 is 1.83 bits per heavy atom. The highest BCUT2D eigenvalue weighted by Gasteiger charge is 2.14. The van der Waals surface area contributed by atoms with Crippen LogP contribution in [-0.2, 0) is 0 Å². The summed E-state index contributed by atoms with van der Waals surface area (Å²) in [6.45, 7) is 1.96. The zero-order chi connectivity index (χ0) is 16.9. The summed E-state index contributed by atoms with van der Waals surface area (Å²) in [5.74, 6) is 2.26. The second-order valence-electron chi connectivity index (χ2n) is 6.19. The van der Waals surface area contributed by atoms with Gasteiger partial charge in [0.15, 0.2) is 0 Å². The van der Waals surface area contributed by atoms with Crippen molar-refractivity contribution in [3.05, 3.63) is 35.1 Å². The first-order valence-corrected chi connectivity index (χ1v) is 8.73. The van der Waals surface area contributed by atoms with E-state index in [0.29, 0.717) is 16.8 Å². The van der Waals surface area contributed by atoms with E-state index in [-0.39, 0.29) is 0 Å². The van der Waals surface area contributed by atoms with Crippen molar-refractivity contribution >= 4 is 28.9 Å². The predicted octanol–water partition coefficient (Wildman–Crippen LogP) is 4.94. The molecule has 1 aromatic heterocycles. The Hall–Kier alpha value is -2.01. The lowest BCUT2D eigenvalue weighted by Gasteiger charge is -2.23. The third-order valence-electron chi connectivity index (χ3n) is 4.37. The summed E-state index contributed by atoms with van der Waals surface area (Å²) < 4.78 is 5.40. The second-order valence-corrected chi connectivity index (χ2v) is 6.60. The number of nitrogens with zero attached hydrogens (tertiary/aromatic N) is 2. The Kier molecular flexibility index (Phi) is 5.41. The van der Waals surface area contributed by atoms with E-state index in [1.165, 1.54) is 32.1 Å². The van der Waals surface area contributed by atoms with Crippen LogP contribution in [0.25, 0.3) is 0 Å². The maximum atomic E-state index is 6.16. The van der Waals surface area contributed by atoms with Crippen LogP contribution >= 0.6 is 11.6 Å². The van der Waals surface area contributed by atoms with Crippen molar-refractivity contribution in [3.63, 3.8) is 0 Å². The molecule has 3 rings (SSSR count). The van der Waals surface area contributed by atoms with Crippen molar-refractivity contribution in [1.29, 1.82) is 0 Å². The summed E-state index contributed by atoms with van der Waals surface area (Å²) in [7, 11) is 1.63. The normalized spacial score (nSPS) is 15.1. The predicted molar refractivity (Wildman–Crippen MR) is 98.6 cm³/mol. The molecule has 0 saturated heterocycles. The molecule has 1 aliphatic rings. The number of halogens is 1. The summed E-state index contributed by atoms with van der Waals surface area (Å²) in [4.78, 5) is 8.64. The van der Waals surface area contributed by atoms with E-state index in [1.807, 2.05) is 25.1 Å². The zero-order valence-electron chi connectivity index (χ0n) is 14.1. The number of aryl methyl sites for hydroxylation is 1. The number of anilines is 3. The van der Waals surface area contributed by atoms with Gasteiger partial charge in [0.05, 0.1) is 12.8 Å². The van der Waals surface area contributed by atoms with Crippen molar-refractivity contribution < 1.29 is 4.74 Å². The Morgan fingerprint density at radius 3 is 2.58 bits per heavy atom. The quantitative estimate of drug-likeness (QED) is 0.803. The first kappa shape index (κ1) is 16.8. The van der Waals surface area contributed by atoms with Crippen LogP contribution in [0, 0.1) is 6.92 Å². The molecule has 24 heavy (non-hydrogen) atoms. The summed E-state index contributed by atoms with van der Waals surface area (Å²) in [5, 5.41) is 7.49. The molecule has 0 radical (unpaired) electrons. The fourth-order valence-electron chi connectivity index (χ4n) is 3.03. The molecule has 2 N–H and O–H groups in total. The Balaban J connectivity index is 1.76. The minimum Gasteiger partial charge on any atom is -0.495 e.